The number of hydrazine groups is 1. The van der Waals surface area contributed by atoms with Crippen molar-refractivity contribution in [1.29, 1.82) is 0 Å². The first-order chi connectivity index (χ1) is 22.3. The first-order valence-corrected chi connectivity index (χ1v) is 17.0. The standard InChI is InChI=1S/C35H36ClN3O6S/c36-29-12-7-9-26(25-29)19-21-37-39-34(41)35(20-24-46(42,43)31-13-5-2-6-14-31)32(27-10-3-1-4-11-27)45-33(38-35)28-15-17-30(18-16-28)44-23-8-22-40/h1-7,9-18,25,32,37,40H,8,19-24H2,(H,39,41)/t32-,35-/m0/s1. The third kappa shape index (κ3) is 8.13. The number of aliphatic hydroxyl groups is 1. The molecule has 4 aromatic carbocycles. The number of benzene rings is 4. The number of nitrogens with one attached hydrogen (secondary N) is 2. The Labute approximate surface area is 274 Å². The van der Waals surface area contributed by atoms with Crippen molar-refractivity contribution in [1.82, 2.24) is 10.9 Å². The van der Waals surface area contributed by atoms with Gasteiger partial charge < -0.3 is 14.6 Å². The molecule has 5 rings (SSSR count). The minimum atomic E-state index is -3.76. The summed E-state index contributed by atoms with van der Waals surface area (Å²) in [4.78, 5) is 19.3. The van der Waals surface area contributed by atoms with E-state index in [-0.39, 0.29) is 29.6 Å². The van der Waals surface area contributed by atoms with Crippen LogP contribution in [0.1, 0.15) is 35.6 Å². The summed E-state index contributed by atoms with van der Waals surface area (Å²) in [6, 6.07) is 31.9. The fourth-order valence-corrected chi connectivity index (χ4v) is 6.78. The quantitative estimate of drug-likeness (QED) is 0.120. The predicted molar refractivity (Wildman–Crippen MR) is 178 cm³/mol. The van der Waals surface area contributed by atoms with Crippen LogP contribution in [0.25, 0.3) is 0 Å². The fraction of sp³-hybridized carbons (Fsp3) is 0.257. The van der Waals surface area contributed by atoms with Gasteiger partial charge >= 0.3 is 0 Å². The van der Waals surface area contributed by atoms with Crippen LogP contribution in [0.3, 0.4) is 0 Å². The molecule has 1 aliphatic heterocycles. The summed E-state index contributed by atoms with van der Waals surface area (Å²) < 4.78 is 39.0. The monoisotopic (exact) mass is 661 g/mol. The van der Waals surface area contributed by atoms with Crippen molar-refractivity contribution >= 4 is 33.2 Å². The third-order valence-corrected chi connectivity index (χ3v) is 9.58. The number of amides is 1. The van der Waals surface area contributed by atoms with Gasteiger partial charge in [-0.15, -0.1) is 0 Å². The van der Waals surface area contributed by atoms with Crippen molar-refractivity contribution in [2.24, 2.45) is 4.99 Å². The minimum absolute atomic E-state index is 0.0310. The Morgan fingerprint density at radius 1 is 0.957 bits per heavy atom. The van der Waals surface area contributed by atoms with Gasteiger partial charge in [0.05, 0.1) is 17.3 Å². The minimum Gasteiger partial charge on any atom is -0.494 e. The zero-order valence-electron chi connectivity index (χ0n) is 25.1. The largest absolute Gasteiger partial charge is 0.494 e. The van der Waals surface area contributed by atoms with E-state index in [1.54, 1.807) is 48.5 Å². The molecule has 11 heteroatoms. The van der Waals surface area contributed by atoms with E-state index < -0.39 is 27.4 Å². The number of hydrogen-bond acceptors (Lipinski definition) is 8. The van der Waals surface area contributed by atoms with Crippen LogP contribution in [0, 0.1) is 0 Å². The van der Waals surface area contributed by atoms with Crippen molar-refractivity contribution < 1.29 is 27.8 Å². The Morgan fingerprint density at radius 3 is 2.37 bits per heavy atom. The smallest absolute Gasteiger partial charge is 0.266 e. The van der Waals surface area contributed by atoms with Gasteiger partial charge in [0, 0.05) is 36.6 Å². The summed E-state index contributed by atoms with van der Waals surface area (Å²) >= 11 is 6.12. The average molecular weight is 662 g/mol. The first kappa shape index (κ1) is 33.2. The van der Waals surface area contributed by atoms with Gasteiger partial charge in [-0.3, -0.25) is 10.2 Å². The third-order valence-electron chi connectivity index (χ3n) is 7.62. The van der Waals surface area contributed by atoms with Crippen LogP contribution in [0.15, 0.2) is 119 Å². The Morgan fingerprint density at radius 2 is 1.67 bits per heavy atom. The van der Waals surface area contributed by atoms with E-state index in [1.807, 2.05) is 48.5 Å². The van der Waals surface area contributed by atoms with Gasteiger partial charge in [0.15, 0.2) is 21.5 Å². The molecule has 0 spiro atoms. The van der Waals surface area contributed by atoms with Crippen molar-refractivity contribution in [3.8, 4) is 5.75 Å². The van der Waals surface area contributed by atoms with E-state index in [0.29, 0.717) is 47.9 Å². The lowest BCUT2D eigenvalue weighted by Gasteiger charge is -2.30. The number of ether oxygens (including phenoxy) is 2. The van der Waals surface area contributed by atoms with Crippen LogP contribution in [0.2, 0.25) is 5.02 Å². The van der Waals surface area contributed by atoms with Crippen molar-refractivity contribution in [2.75, 3.05) is 25.5 Å². The number of nitrogens with zero attached hydrogens (tertiary/aromatic N) is 1. The van der Waals surface area contributed by atoms with Crippen molar-refractivity contribution in [2.45, 2.75) is 35.8 Å². The Bertz CT molecular complexity index is 1740. The van der Waals surface area contributed by atoms with Crippen LogP contribution in [0.4, 0.5) is 0 Å². The number of aliphatic hydroxyl groups excluding tert-OH is 1. The molecule has 0 radical (unpaired) electrons. The molecule has 0 saturated heterocycles. The molecule has 1 aliphatic rings. The van der Waals surface area contributed by atoms with E-state index in [1.165, 1.54) is 12.1 Å². The molecule has 0 saturated carbocycles. The Hall–Kier alpha value is -4.22. The molecule has 0 unspecified atom stereocenters. The van der Waals surface area contributed by atoms with Gasteiger partial charge in [-0.1, -0.05) is 72.3 Å². The molecule has 0 fully saturated rings. The van der Waals surface area contributed by atoms with E-state index >= 15 is 0 Å². The van der Waals surface area contributed by atoms with Gasteiger partial charge in [-0.25, -0.2) is 18.8 Å². The molecule has 1 amide bonds. The molecule has 0 bridgehead atoms. The summed E-state index contributed by atoms with van der Waals surface area (Å²) in [6.45, 7) is 0.797. The molecule has 2 atom stereocenters. The van der Waals surface area contributed by atoms with Crippen LogP contribution < -0.4 is 15.6 Å². The van der Waals surface area contributed by atoms with Crippen LogP contribution in [-0.4, -0.2) is 56.4 Å². The van der Waals surface area contributed by atoms with Gasteiger partial charge in [0.2, 0.25) is 5.90 Å². The second-order valence-corrected chi connectivity index (χ2v) is 13.4. The van der Waals surface area contributed by atoms with E-state index in [2.05, 4.69) is 10.9 Å². The lowest BCUT2D eigenvalue weighted by molar-refractivity contribution is -0.130. The van der Waals surface area contributed by atoms with Crippen LogP contribution in [0.5, 0.6) is 5.75 Å². The maximum absolute atomic E-state index is 14.2. The number of sulfone groups is 1. The van der Waals surface area contributed by atoms with Crippen molar-refractivity contribution in [3.05, 3.63) is 131 Å². The molecule has 1 heterocycles. The maximum atomic E-state index is 14.2. The number of rotatable bonds is 15. The molecule has 4 aromatic rings. The second kappa shape index (κ2) is 15.4. The van der Waals surface area contributed by atoms with Crippen LogP contribution >= 0.6 is 11.6 Å². The van der Waals surface area contributed by atoms with Gasteiger partial charge in [0.25, 0.3) is 5.91 Å². The summed E-state index contributed by atoms with van der Waals surface area (Å²) in [5.41, 5.74) is 6.43. The Balaban J connectivity index is 1.46. The second-order valence-electron chi connectivity index (χ2n) is 10.8. The molecule has 0 aliphatic carbocycles. The van der Waals surface area contributed by atoms with E-state index in [9.17, 15) is 13.2 Å². The predicted octanol–water partition coefficient (Wildman–Crippen LogP) is 5.09. The zero-order valence-corrected chi connectivity index (χ0v) is 26.7. The summed E-state index contributed by atoms with van der Waals surface area (Å²) in [5, 5.41) is 9.67. The maximum Gasteiger partial charge on any atom is 0.266 e. The Kier molecular flexibility index (Phi) is 11.1. The molecular formula is C35H36ClN3O6S. The van der Waals surface area contributed by atoms with Crippen LogP contribution in [-0.2, 0) is 25.8 Å². The van der Waals surface area contributed by atoms with E-state index in [0.717, 1.165) is 5.56 Å². The van der Waals surface area contributed by atoms with Gasteiger partial charge in [0.1, 0.15) is 5.75 Å². The summed E-state index contributed by atoms with van der Waals surface area (Å²) in [7, 11) is -3.76. The number of hydrogen-bond donors (Lipinski definition) is 3. The highest BCUT2D eigenvalue weighted by molar-refractivity contribution is 7.91. The SMILES string of the molecule is O=C(NNCCc1cccc(Cl)c1)[C@@]1(CCS(=O)(=O)c2ccccc2)N=C(c2ccc(OCCCO)cc2)O[C@H]1c1ccccc1. The van der Waals surface area contributed by atoms with Gasteiger partial charge in [-0.2, -0.15) is 0 Å². The topological polar surface area (TPSA) is 126 Å². The summed E-state index contributed by atoms with van der Waals surface area (Å²) in [5.74, 6) is -0.0393. The number of aliphatic imine (C=N–C) groups is 1. The average Bonchev–Trinajstić information content (AvgIpc) is 3.48. The number of carbonyl (C=O) groups is 1. The normalized spacial score (nSPS) is 17.6. The van der Waals surface area contributed by atoms with Gasteiger partial charge in [-0.05, 0) is 66.1 Å². The summed E-state index contributed by atoms with van der Waals surface area (Å²) in [6.07, 6.45) is 0.0467. The molecular weight excluding hydrogens is 626 g/mol. The highest BCUT2D eigenvalue weighted by atomic mass is 35.5. The molecule has 3 N–H and O–H groups in total. The number of carbonyl (C=O) groups excluding carboxylic acids is 1. The fourth-order valence-electron chi connectivity index (χ4n) is 5.18. The lowest BCUT2D eigenvalue weighted by Crippen LogP contribution is -2.53. The number of halogens is 1. The first-order valence-electron chi connectivity index (χ1n) is 15.0. The molecule has 240 valence electrons. The molecule has 46 heavy (non-hydrogen) atoms. The molecule has 0 aromatic heterocycles. The highest BCUT2D eigenvalue weighted by Gasteiger charge is 2.53. The lowest BCUT2D eigenvalue weighted by atomic mass is 9.85. The highest BCUT2D eigenvalue weighted by Crippen LogP contribution is 2.43. The van der Waals surface area contributed by atoms with Crippen molar-refractivity contribution in [3.63, 3.8) is 0 Å². The zero-order chi connectivity index (χ0) is 32.4. The van der Waals surface area contributed by atoms with E-state index in [4.69, 9.17) is 31.2 Å². The molecule has 9 nitrogen and oxygen atoms in total.